The first-order valence-corrected chi connectivity index (χ1v) is 3.60. The molecule has 0 bridgehead atoms. The Labute approximate surface area is 73.0 Å². The van der Waals surface area contributed by atoms with Crippen molar-refractivity contribution in [2.45, 2.75) is 20.0 Å². The molecule has 1 N–H and O–H groups in total. The first-order valence-electron chi connectivity index (χ1n) is 3.60. The second-order valence-corrected chi connectivity index (χ2v) is 2.57. The van der Waals surface area contributed by atoms with Crippen LogP contribution >= 0.6 is 0 Å². The molecule has 1 aromatic heterocycles. The summed E-state index contributed by atoms with van der Waals surface area (Å²) in [7, 11) is 0. The maximum Gasteiger partial charge on any atom is 0.267 e. The van der Waals surface area contributed by atoms with Crippen LogP contribution in [0.1, 0.15) is 23.2 Å². The highest BCUT2D eigenvalue weighted by Gasteiger charge is 2.19. The van der Waals surface area contributed by atoms with Gasteiger partial charge in [-0.3, -0.25) is 4.98 Å². The number of hydrogen-bond acceptors (Lipinski definition) is 2. The minimum Gasteiger partial charge on any atom is -0.390 e. The van der Waals surface area contributed by atoms with Crippen LogP contribution in [-0.4, -0.2) is 10.1 Å². The number of aliphatic hydroxyl groups excluding tert-OH is 1. The SMILES string of the molecule is Cc1cnc(CO)c(F)c1C(F)F. The van der Waals surface area contributed by atoms with Crippen molar-refractivity contribution >= 4 is 0 Å². The maximum atomic E-state index is 13.1. The zero-order valence-electron chi connectivity index (χ0n) is 6.89. The molecule has 0 unspecified atom stereocenters. The van der Waals surface area contributed by atoms with E-state index in [4.69, 9.17) is 5.11 Å². The predicted octanol–water partition coefficient (Wildman–Crippen LogP) is 1.96. The third-order valence-corrected chi connectivity index (χ3v) is 1.70. The van der Waals surface area contributed by atoms with Crippen molar-refractivity contribution in [2.24, 2.45) is 0 Å². The fourth-order valence-electron chi connectivity index (χ4n) is 1.01. The summed E-state index contributed by atoms with van der Waals surface area (Å²) in [5, 5.41) is 8.57. The van der Waals surface area contributed by atoms with Crippen molar-refractivity contribution < 1.29 is 18.3 Å². The number of alkyl halides is 2. The summed E-state index contributed by atoms with van der Waals surface area (Å²) in [4.78, 5) is 3.48. The zero-order chi connectivity index (χ0) is 10.0. The van der Waals surface area contributed by atoms with Gasteiger partial charge in [-0.15, -0.1) is 0 Å². The number of aryl methyl sites for hydroxylation is 1. The predicted molar refractivity (Wildman–Crippen MR) is 39.8 cm³/mol. The molecule has 0 aliphatic heterocycles. The maximum absolute atomic E-state index is 13.1. The topological polar surface area (TPSA) is 33.1 Å². The standard InChI is InChI=1S/C8H8F3NO/c1-4-2-12-5(3-13)7(9)6(4)8(10)11/h2,8,13H,3H2,1H3. The number of aromatic nitrogens is 1. The molecule has 0 aliphatic carbocycles. The van der Waals surface area contributed by atoms with Crippen LogP contribution in [0.25, 0.3) is 0 Å². The van der Waals surface area contributed by atoms with Gasteiger partial charge in [0, 0.05) is 6.20 Å². The molecule has 0 atom stereocenters. The zero-order valence-corrected chi connectivity index (χ0v) is 6.89. The Kier molecular flexibility index (Phi) is 2.87. The Balaban J connectivity index is 3.30. The average Bonchev–Trinajstić information content (AvgIpc) is 2.04. The van der Waals surface area contributed by atoms with Gasteiger partial charge in [-0.2, -0.15) is 0 Å². The molecular weight excluding hydrogens is 183 g/mol. The van der Waals surface area contributed by atoms with Gasteiger partial charge in [0.15, 0.2) is 5.82 Å². The molecule has 0 saturated carbocycles. The Morgan fingerprint density at radius 1 is 1.54 bits per heavy atom. The van der Waals surface area contributed by atoms with Crippen molar-refractivity contribution in [1.29, 1.82) is 0 Å². The molecule has 0 aliphatic rings. The van der Waals surface area contributed by atoms with Crippen LogP contribution in [0.3, 0.4) is 0 Å². The van der Waals surface area contributed by atoms with E-state index >= 15 is 0 Å². The normalized spacial score (nSPS) is 10.9. The van der Waals surface area contributed by atoms with Crippen molar-refractivity contribution in [3.63, 3.8) is 0 Å². The Morgan fingerprint density at radius 3 is 2.62 bits per heavy atom. The molecule has 0 aromatic carbocycles. The number of rotatable bonds is 2. The molecule has 0 saturated heterocycles. The van der Waals surface area contributed by atoms with E-state index in [1.807, 2.05) is 0 Å². The fraction of sp³-hybridized carbons (Fsp3) is 0.375. The molecule has 1 aromatic rings. The molecule has 0 spiro atoms. The Bertz CT molecular complexity index is 315. The number of aliphatic hydroxyl groups is 1. The summed E-state index contributed by atoms with van der Waals surface area (Å²) in [6, 6.07) is 0. The smallest absolute Gasteiger partial charge is 0.267 e. The van der Waals surface area contributed by atoms with Gasteiger partial charge < -0.3 is 5.11 Å². The molecule has 1 rings (SSSR count). The monoisotopic (exact) mass is 191 g/mol. The second kappa shape index (κ2) is 3.74. The summed E-state index contributed by atoms with van der Waals surface area (Å²) >= 11 is 0. The van der Waals surface area contributed by atoms with Crippen LogP contribution in [0.2, 0.25) is 0 Å². The fourth-order valence-corrected chi connectivity index (χ4v) is 1.01. The van der Waals surface area contributed by atoms with Crippen LogP contribution in [0.15, 0.2) is 6.20 Å². The molecule has 0 fully saturated rings. The van der Waals surface area contributed by atoms with Gasteiger partial charge in [0.2, 0.25) is 0 Å². The van der Waals surface area contributed by atoms with Crippen LogP contribution < -0.4 is 0 Å². The van der Waals surface area contributed by atoms with Crippen molar-refractivity contribution in [1.82, 2.24) is 4.98 Å². The van der Waals surface area contributed by atoms with Crippen molar-refractivity contribution in [3.05, 3.63) is 28.8 Å². The lowest BCUT2D eigenvalue weighted by Crippen LogP contribution is -2.03. The number of halogens is 3. The molecule has 2 nitrogen and oxygen atoms in total. The van der Waals surface area contributed by atoms with Crippen LogP contribution in [-0.2, 0) is 6.61 Å². The number of pyridine rings is 1. The highest BCUT2D eigenvalue weighted by molar-refractivity contribution is 5.28. The minimum atomic E-state index is -2.88. The number of nitrogens with zero attached hydrogens (tertiary/aromatic N) is 1. The van der Waals surface area contributed by atoms with E-state index in [9.17, 15) is 13.2 Å². The Morgan fingerprint density at radius 2 is 2.15 bits per heavy atom. The largest absolute Gasteiger partial charge is 0.390 e. The Hall–Kier alpha value is -1.10. The van der Waals surface area contributed by atoms with Gasteiger partial charge in [0.25, 0.3) is 6.43 Å². The van der Waals surface area contributed by atoms with Gasteiger partial charge in [-0.05, 0) is 12.5 Å². The lowest BCUT2D eigenvalue weighted by molar-refractivity contribution is 0.144. The molecule has 0 amide bonds. The van der Waals surface area contributed by atoms with Gasteiger partial charge >= 0.3 is 0 Å². The molecular formula is C8H8F3NO. The highest BCUT2D eigenvalue weighted by Crippen LogP contribution is 2.26. The molecule has 72 valence electrons. The van der Waals surface area contributed by atoms with E-state index < -0.39 is 24.4 Å². The van der Waals surface area contributed by atoms with E-state index in [1.165, 1.54) is 6.92 Å². The van der Waals surface area contributed by atoms with Crippen LogP contribution in [0.5, 0.6) is 0 Å². The average molecular weight is 191 g/mol. The van der Waals surface area contributed by atoms with E-state index in [0.29, 0.717) is 0 Å². The van der Waals surface area contributed by atoms with Crippen LogP contribution in [0.4, 0.5) is 13.2 Å². The summed E-state index contributed by atoms with van der Waals surface area (Å²) < 4.78 is 37.6. The summed E-state index contributed by atoms with van der Waals surface area (Å²) in [6.07, 6.45) is -1.76. The van der Waals surface area contributed by atoms with Gasteiger partial charge in [-0.25, -0.2) is 13.2 Å². The van der Waals surface area contributed by atoms with Gasteiger partial charge in [0.05, 0.1) is 12.2 Å². The van der Waals surface area contributed by atoms with E-state index in [2.05, 4.69) is 4.98 Å². The van der Waals surface area contributed by atoms with Crippen LogP contribution in [0, 0.1) is 12.7 Å². The molecule has 0 radical (unpaired) electrons. The summed E-state index contributed by atoms with van der Waals surface area (Å²) in [6.45, 7) is 0.671. The van der Waals surface area contributed by atoms with Gasteiger partial charge in [0.1, 0.15) is 5.69 Å². The lowest BCUT2D eigenvalue weighted by Gasteiger charge is -2.07. The van der Waals surface area contributed by atoms with Crippen molar-refractivity contribution in [3.8, 4) is 0 Å². The molecule has 1 heterocycles. The molecule has 13 heavy (non-hydrogen) atoms. The quantitative estimate of drug-likeness (QED) is 0.775. The number of hydrogen-bond donors (Lipinski definition) is 1. The second-order valence-electron chi connectivity index (χ2n) is 2.57. The van der Waals surface area contributed by atoms with E-state index in [0.717, 1.165) is 6.20 Å². The summed E-state index contributed by atoms with van der Waals surface area (Å²) in [5.74, 6) is -1.11. The third-order valence-electron chi connectivity index (χ3n) is 1.70. The minimum absolute atomic E-state index is 0.0877. The van der Waals surface area contributed by atoms with Gasteiger partial charge in [-0.1, -0.05) is 0 Å². The first-order chi connectivity index (χ1) is 6.07. The van der Waals surface area contributed by atoms with Crippen molar-refractivity contribution in [2.75, 3.05) is 0 Å². The highest BCUT2D eigenvalue weighted by atomic mass is 19.3. The lowest BCUT2D eigenvalue weighted by atomic mass is 10.1. The first kappa shape index (κ1) is 9.98. The summed E-state index contributed by atoms with van der Waals surface area (Å²) in [5.41, 5.74) is -0.940. The molecule has 5 heteroatoms. The third kappa shape index (κ3) is 1.80. The van der Waals surface area contributed by atoms with E-state index in [-0.39, 0.29) is 11.3 Å². The van der Waals surface area contributed by atoms with E-state index in [1.54, 1.807) is 0 Å².